The fourth-order valence-electron chi connectivity index (χ4n) is 4.59. The number of hydrogen-bond acceptors (Lipinski definition) is 7. The largest absolute Gasteiger partial charge is 0.507 e. The number of carbonyl (C=O) groups is 2. The van der Waals surface area contributed by atoms with Gasteiger partial charge in [-0.05, 0) is 75.5 Å². The molecule has 1 unspecified atom stereocenters. The highest BCUT2D eigenvalue weighted by molar-refractivity contribution is 6.46. The van der Waals surface area contributed by atoms with Gasteiger partial charge in [-0.1, -0.05) is 36.4 Å². The van der Waals surface area contributed by atoms with Gasteiger partial charge < -0.3 is 29.1 Å². The number of Topliss-reactive ketones (excluding diaryl/α,β-unsaturated/α-hetero) is 1. The zero-order valence-electron chi connectivity index (χ0n) is 23.6. The van der Waals surface area contributed by atoms with Gasteiger partial charge in [0.25, 0.3) is 11.7 Å². The van der Waals surface area contributed by atoms with E-state index in [0.29, 0.717) is 48.1 Å². The number of nitrogens with zero attached hydrogens (tertiary/aromatic N) is 2. The molecule has 1 fully saturated rings. The number of ketones is 1. The monoisotopic (exact) mass is 544 g/mol. The number of likely N-dealkylation sites (tertiary alicyclic amines) is 1. The normalized spacial score (nSPS) is 16.6. The van der Waals surface area contributed by atoms with E-state index in [1.54, 1.807) is 42.5 Å². The van der Waals surface area contributed by atoms with Gasteiger partial charge in [0.15, 0.2) is 11.5 Å². The quantitative estimate of drug-likeness (QED) is 0.205. The van der Waals surface area contributed by atoms with Gasteiger partial charge in [0.1, 0.15) is 18.1 Å². The van der Waals surface area contributed by atoms with E-state index < -0.39 is 17.7 Å². The first-order valence-electron chi connectivity index (χ1n) is 13.2. The lowest BCUT2D eigenvalue weighted by Crippen LogP contribution is -2.35. The molecule has 8 nitrogen and oxygen atoms in total. The fourth-order valence-corrected chi connectivity index (χ4v) is 4.59. The number of likely N-dealkylation sites (N-methyl/N-ethyl adjacent to an activating group) is 1. The van der Waals surface area contributed by atoms with E-state index in [1.165, 1.54) is 12.0 Å². The number of ether oxygens (including phenoxy) is 3. The second-order valence-electron chi connectivity index (χ2n) is 10.2. The highest BCUT2D eigenvalue weighted by Gasteiger charge is 2.46. The number of aliphatic hydroxyl groups is 1. The van der Waals surface area contributed by atoms with Crippen LogP contribution in [0.25, 0.3) is 5.76 Å². The second kappa shape index (κ2) is 12.7. The summed E-state index contributed by atoms with van der Waals surface area (Å²) >= 11 is 0. The Morgan fingerprint density at radius 3 is 2.30 bits per heavy atom. The second-order valence-corrected chi connectivity index (χ2v) is 10.2. The van der Waals surface area contributed by atoms with E-state index in [2.05, 4.69) is 0 Å². The summed E-state index contributed by atoms with van der Waals surface area (Å²) in [4.78, 5) is 30.0. The smallest absolute Gasteiger partial charge is 0.295 e. The maximum absolute atomic E-state index is 13.3. The van der Waals surface area contributed by atoms with Crippen LogP contribution in [0.3, 0.4) is 0 Å². The van der Waals surface area contributed by atoms with Gasteiger partial charge in [0.2, 0.25) is 0 Å². The SMILES string of the molecule is COc1cc(C2C(=C(O)c3ccc(OC(C)C)cc3)C(=O)C(=O)N2CCN(C)C)ccc1OCc1ccccc1. The number of amides is 1. The van der Waals surface area contributed by atoms with Crippen molar-refractivity contribution in [3.05, 3.63) is 95.1 Å². The Bertz CT molecular complexity index is 1370. The molecule has 0 bridgehead atoms. The van der Waals surface area contributed by atoms with E-state index in [4.69, 9.17) is 14.2 Å². The molecule has 1 aliphatic rings. The van der Waals surface area contributed by atoms with Crippen LogP contribution in [0.4, 0.5) is 0 Å². The minimum Gasteiger partial charge on any atom is -0.507 e. The molecule has 1 aliphatic heterocycles. The highest BCUT2D eigenvalue weighted by Crippen LogP contribution is 2.42. The summed E-state index contributed by atoms with van der Waals surface area (Å²) < 4.78 is 17.3. The predicted octanol–water partition coefficient (Wildman–Crippen LogP) is 5.04. The average molecular weight is 545 g/mol. The molecule has 3 aromatic carbocycles. The summed E-state index contributed by atoms with van der Waals surface area (Å²) in [5.41, 5.74) is 2.08. The van der Waals surface area contributed by atoms with Gasteiger partial charge in [0, 0.05) is 18.7 Å². The van der Waals surface area contributed by atoms with Crippen LogP contribution in [0.2, 0.25) is 0 Å². The molecule has 0 aliphatic carbocycles. The zero-order chi connectivity index (χ0) is 28.8. The molecule has 0 radical (unpaired) electrons. The van der Waals surface area contributed by atoms with Gasteiger partial charge in [-0.2, -0.15) is 0 Å². The summed E-state index contributed by atoms with van der Waals surface area (Å²) in [6, 6.07) is 21.1. The molecule has 0 aromatic heterocycles. The predicted molar refractivity (Wildman–Crippen MR) is 154 cm³/mol. The molecule has 40 heavy (non-hydrogen) atoms. The third kappa shape index (κ3) is 6.46. The van der Waals surface area contributed by atoms with Crippen molar-refractivity contribution in [3.63, 3.8) is 0 Å². The summed E-state index contributed by atoms with van der Waals surface area (Å²) in [7, 11) is 5.33. The Balaban J connectivity index is 1.73. The van der Waals surface area contributed by atoms with Gasteiger partial charge in [-0.25, -0.2) is 0 Å². The Kier molecular flexibility index (Phi) is 9.11. The molecule has 4 rings (SSSR count). The van der Waals surface area contributed by atoms with Crippen molar-refractivity contribution in [2.75, 3.05) is 34.3 Å². The summed E-state index contributed by atoms with van der Waals surface area (Å²) in [6.45, 7) is 5.05. The standard InChI is InChI=1S/C32H36N2O6/c1-21(2)40-25-14-11-23(12-15-25)30(35)28-29(34(18-17-33(3)4)32(37)31(28)36)24-13-16-26(27(19-24)38-5)39-20-22-9-7-6-8-10-22/h6-16,19,21,29,35H,17-18,20H2,1-5H3. The number of rotatable bonds is 11. The van der Waals surface area contributed by atoms with Crippen LogP contribution in [0.5, 0.6) is 17.2 Å². The molecular formula is C32H36N2O6. The first kappa shape index (κ1) is 28.7. The van der Waals surface area contributed by atoms with Crippen LogP contribution in [0.15, 0.2) is 78.4 Å². The third-order valence-corrected chi connectivity index (χ3v) is 6.57. The highest BCUT2D eigenvalue weighted by atomic mass is 16.5. The fraction of sp³-hybridized carbons (Fsp3) is 0.312. The van der Waals surface area contributed by atoms with Crippen molar-refractivity contribution in [1.29, 1.82) is 0 Å². The minimum atomic E-state index is -0.802. The Hall–Kier alpha value is -4.30. The molecule has 1 heterocycles. The Morgan fingerprint density at radius 2 is 1.68 bits per heavy atom. The van der Waals surface area contributed by atoms with Crippen molar-refractivity contribution in [2.24, 2.45) is 0 Å². The van der Waals surface area contributed by atoms with Crippen molar-refractivity contribution in [1.82, 2.24) is 9.80 Å². The van der Waals surface area contributed by atoms with Crippen LogP contribution in [0, 0.1) is 0 Å². The van der Waals surface area contributed by atoms with E-state index >= 15 is 0 Å². The number of hydrogen-bond donors (Lipinski definition) is 1. The zero-order valence-corrected chi connectivity index (χ0v) is 23.6. The van der Waals surface area contributed by atoms with Gasteiger partial charge in [0.05, 0.1) is 24.8 Å². The van der Waals surface area contributed by atoms with E-state index in [9.17, 15) is 14.7 Å². The Labute approximate surface area is 235 Å². The first-order valence-corrected chi connectivity index (χ1v) is 13.2. The molecule has 1 atom stereocenters. The molecule has 210 valence electrons. The van der Waals surface area contributed by atoms with Gasteiger partial charge in [-0.3, -0.25) is 9.59 Å². The number of aliphatic hydroxyl groups excluding tert-OH is 1. The summed E-state index contributed by atoms with van der Waals surface area (Å²) in [5.74, 6) is 0.00658. The van der Waals surface area contributed by atoms with Crippen LogP contribution in [0.1, 0.15) is 36.6 Å². The lowest BCUT2D eigenvalue weighted by molar-refractivity contribution is -0.140. The first-order chi connectivity index (χ1) is 19.2. The average Bonchev–Trinajstić information content (AvgIpc) is 3.20. The molecule has 3 aromatic rings. The van der Waals surface area contributed by atoms with E-state index in [0.717, 1.165) is 5.56 Å². The van der Waals surface area contributed by atoms with Gasteiger partial charge >= 0.3 is 0 Å². The van der Waals surface area contributed by atoms with Crippen LogP contribution < -0.4 is 14.2 Å². The van der Waals surface area contributed by atoms with Crippen molar-refractivity contribution in [2.45, 2.75) is 32.6 Å². The summed E-state index contributed by atoms with van der Waals surface area (Å²) in [5, 5.41) is 11.4. The van der Waals surface area contributed by atoms with Crippen LogP contribution in [-0.4, -0.2) is 67.0 Å². The molecule has 1 saturated heterocycles. The molecular weight excluding hydrogens is 508 g/mol. The molecule has 8 heteroatoms. The maximum Gasteiger partial charge on any atom is 0.295 e. The Morgan fingerprint density at radius 1 is 0.975 bits per heavy atom. The van der Waals surface area contributed by atoms with Crippen LogP contribution >= 0.6 is 0 Å². The lowest BCUT2D eigenvalue weighted by Gasteiger charge is -2.27. The van der Waals surface area contributed by atoms with Crippen molar-refractivity contribution < 1.29 is 28.9 Å². The van der Waals surface area contributed by atoms with E-state index in [-0.39, 0.29) is 17.4 Å². The third-order valence-electron chi connectivity index (χ3n) is 6.57. The molecule has 0 spiro atoms. The number of carbonyl (C=O) groups excluding carboxylic acids is 2. The van der Waals surface area contributed by atoms with Crippen LogP contribution in [-0.2, 0) is 16.2 Å². The lowest BCUT2D eigenvalue weighted by atomic mass is 9.95. The van der Waals surface area contributed by atoms with E-state index in [1.807, 2.05) is 63.2 Å². The summed E-state index contributed by atoms with van der Waals surface area (Å²) in [6.07, 6.45) is -0.00362. The topological polar surface area (TPSA) is 88.5 Å². The molecule has 1 amide bonds. The van der Waals surface area contributed by atoms with Crippen molar-refractivity contribution >= 4 is 17.4 Å². The molecule has 1 N–H and O–H groups in total. The number of benzene rings is 3. The minimum absolute atomic E-state index is 0.00362. The number of methoxy groups -OCH3 is 1. The maximum atomic E-state index is 13.3. The van der Waals surface area contributed by atoms with Gasteiger partial charge in [-0.15, -0.1) is 0 Å². The van der Waals surface area contributed by atoms with Crippen molar-refractivity contribution in [3.8, 4) is 17.2 Å². The molecule has 0 saturated carbocycles.